The highest BCUT2D eigenvalue weighted by Crippen LogP contribution is 2.01. The van der Waals surface area contributed by atoms with Gasteiger partial charge in [-0.2, -0.15) is 5.26 Å². The van der Waals surface area contributed by atoms with Gasteiger partial charge in [-0.15, -0.1) is 0 Å². The van der Waals surface area contributed by atoms with Crippen LogP contribution in [0.5, 0.6) is 0 Å². The zero-order valence-electron chi connectivity index (χ0n) is 9.80. The van der Waals surface area contributed by atoms with Crippen LogP contribution in [-0.4, -0.2) is 23.0 Å². The highest BCUT2D eigenvalue weighted by atomic mass is 16.4. The summed E-state index contributed by atoms with van der Waals surface area (Å²) in [6, 6.07) is 9.92. The summed E-state index contributed by atoms with van der Waals surface area (Å²) >= 11 is 0. The van der Waals surface area contributed by atoms with E-state index >= 15 is 0 Å². The molecule has 0 heterocycles. The molecule has 1 aromatic carbocycles. The highest BCUT2D eigenvalue weighted by molar-refractivity contribution is 5.84. The highest BCUT2D eigenvalue weighted by Gasteiger charge is 2.19. The molecule has 5 heteroatoms. The van der Waals surface area contributed by atoms with E-state index < -0.39 is 12.0 Å². The zero-order valence-corrected chi connectivity index (χ0v) is 9.80. The van der Waals surface area contributed by atoms with Crippen LogP contribution < -0.4 is 5.32 Å². The molecule has 0 bridgehead atoms. The predicted octanol–water partition coefficient (Wildman–Crippen LogP) is 1.10. The monoisotopic (exact) mass is 246 g/mol. The maximum absolute atomic E-state index is 11.6. The van der Waals surface area contributed by atoms with E-state index in [9.17, 15) is 9.59 Å². The van der Waals surface area contributed by atoms with Crippen LogP contribution in [0.15, 0.2) is 30.3 Å². The number of hydrogen-bond donors (Lipinski definition) is 2. The molecule has 5 nitrogen and oxygen atoms in total. The molecular weight excluding hydrogens is 232 g/mol. The van der Waals surface area contributed by atoms with Crippen LogP contribution in [0.25, 0.3) is 0 Å². The van der Waals surface area contributed by atoms with E-state index in [2.05, 4.69) is 5.32 Å². The lowest BCUT2D eigenvalue weighted by Gasteiger charge is -2.12. The number of benzene rings is 1. The summed E-state index contributed by atoms with van der Waals surface area (Å²) in [4.78, 5) is 22.5. The molecule has 0 aromatic heterocycles. The van der Waals surface area contributed by atoms with Crippen LogP contribution in [0, 0.1) is 11.3 Å². The molecule has 1 atom stereocenters. The quantitative estimate of drug-likeness (QED) is 0.786. The fourth-order valence-corrected chi connectivity index (χ4v) is 1.49. The van der Waals surface area contributed by atoms with Crippen LogP contribution in [0.4, 0.5) is 0 Å². The maximum atomic E-state index is 11.6. The molecule has 1 amide bonds. The smallest absolute Gasteiger partial charge is 0.326 e. The molecule has 18 heavy (non-hydrogen) atoms. The first-order chi connectivity index (χ1) is 8.63. The van der Waals surface area contributed by atoms with E-state index in [0.29, 0.717) is 0 Å². The Morgan fingerprint density at radius 1 is 1.33 bits per heavy atom. The zero-order chi connectivity index (χ0) is 13.4. The summed E-state index contributed by atoms with van der Waals surface area (Å²) in [5, 5.41) is 19.7. The lowest BCUT2D eigenvalue weighted by molar-refractivity contribution is -0.141. The van der Waals surface area contributed by atoms with Crippen molar-refractivity contribution in [3.63, 3.8) is 0 Å². The number of amides is 1. The average molecular weight is 246 g/mol. The normalized spacial score (nSPS) is 11.3. The van der Waals surface area contributed by atoms with Gasteiger partial charge in [0, 0.05) is 6.42 Å². The molecule has 2 N–H and O–H groups in total. The number of aliphatic carboxylic acids is 1. The van der Waals surface area contributed by atoms with Gasteiger partial charge in [0.1, 0.15) is 6.04 Å². The lowest BCUT2D eigenvalue weighted by Crippen LogP contribution is -2.41. The first kappa shape index (κ1) is 13.7. The van der Waals surface area contributed by atoms with Gasteiger partial charge in [-0.1, -0.05) is 30.3 Å². The number of carbonyl (C=O) groups is 2. The van der Waals surface area contributed by atoms with E-state index in [0.717, 1.165) is 5.56 Å². The van der Waals surface area contributed by atoms with Gasteiger partial charge in [0.15, 0.2) is 0 Å². The molecule has 0 aliphatic carbocycles. The standard InChI is InChI=1S/C13H14N2O3/c14-8-4-7-11(13(17)18)15-12(16)9-10-5-2-1-3-6-10/h1-3,5-6,11H,4,7,9H2,(H,15,16)(H,17,18)/t11-/m1/s1. The number of carboxylic acids is 1. The number of nitrogens with one attached hydrogen (secondary N) is 1. The Morgan fingerprint density at radius 2 is 2.00 bits per heavy atom. The Labute approximate surface area is 105 Å². The number of nitrogens with zero attached hydrogens (tertiary/aromatic N) is 1. The van der Waals surface area contributed by atoms with Gasteiger partial charge in [0.25, 0.3) is 0 Å². The van der Waals surface area contributed by atoms with Crippen molar-refractivity contribution in [2.45, 2.75) is 25.3 Å². The SMILES string of the molecule is N#CCC[C@@H](NC(=O)Cc1ccccc1)C(=O)O. The van der Waals surface area contributed by atoms with Gasteiger partial charge in [-0.3, -0.25) is 4.79 Å². The van der Waals surface area contributed by atoms with Gasteiger partial charge in [-0.25, -0.2) is 4.79 Å². The number of carboxylic acid groups (broad SMARTS) is 1. The van der Waals surface area contributed by atoms with Crippen molar-refractivity contribution in [3.8, 4) is 6.07 Å². The number of hydrogen-bond acceptors (Lipinski definition) is 3. The van der Waals surface area contributed by atoms with Gasteiger partial charge in [0.05, 0.1) is 12.5 Å². The summed E-state index contributed by atoms with van der Waals surface area (Å²) in [7, 11) is 0. The molecule has 0 aliphatic heterocycles. The number of nitriles is 1. The largest absolute Gasteiger partial charge is 0.480 e. The molecule has 0 aliphatic rings. The second-order valence-corrected chi connectivity index (χ2v) is 3.82. The van der Waals surface area contributed by atoms with Crippen LogP contribution >= 0.6 is 0 Å². The van der Waals surface area contributed by atoms with E-state index in [1.165, 1.54) is 0 Å². The number of carbonyl (C=O) groups excluding carboxylic acids is 1. The van der Waals surface area contributed by atoms with Crippen molar-refractivity contribution < 1.29 is 14.7 Å². The molecule has 0 fully saturated rings. The topological polar surface area (TPSA) is 90.2 Å². The van der Waals surface area contributed by atoms with Gasteiger partial charge < -0.3 is 10.4 Å². The first-order valence-corrected chi connectivity index (χ1v) is 5.56. The first-order valence-electron chi connectivity index (χ1n) is 5.56. The van der Waals surface area contributed by atoms with Crippen molar-refractivity contribution in [2.75, 3.05) is 0 Å². The summed E-state index contributed by atoms with van der Waals surface area (Å²) in [6.07, 6.45) is 0.353. The Bertz CT molecular complexity index is 451. The van der Waals surface area contributed by atoms with E-state index in [-0.39, 0.29) is 25.2 Å². The van der Waals surface area contributed by atoms with E-state index in [4.69, 9.17) is 10.4 Å². The summed E-state index contributed by atoms with van der Waals surface area (Å²) < 4.78 is 0. The maximum Gasteiger partial charge on any atom is 0.326 e. The van der Waals surface area contributed by atoms with E-state index in [1.807, 2.05) is 24.3 Å². The summed E-state index contributed by atoms with van der Waals surface area (Å²) in [5.74, 6) is -1.47. The molecule has 0 spiro atoms. The third-order valence-electron chi connectivity index (χ3n) is 2.39. The summed E-state index contributed by atoms with van der Waals surface area (Å²) in [5.41, 5.74) is 0.819. The third kappa shape index (κ3) is 4.66. The van der Waals surface area contributed by atoms with Crippen molar-refractivity contribution in [3.05, 3.63) is 35.9 Å². The minimum Gasteiger partial charge on any atom is -0.480 e. The van der Waals surface area contributed by atoms with Crippen molar-refractivity contribution in [1.29, 1.82) is 5.26 Å². The second kappa shape index (κ2) is 7.07. The molecule has 0 radical (unpaired) electrons. The Balaban J connectivity index is 2.52. The van der Waals surface area contributed by atoms with Crippen molar-refractivity contribution in [1.82, 2.24) is 5.32 Å². The molecule has 0 saturated heterocycles. The lowest BCUT2D eigenvalue weighted by atomic mass is 10.1. The van der Waals surface area contributed by atoms with Crippen molar-refractivity contribution in [2.24, 2.45) is 0 Å². The number of rotatable bonds is 6. The van der Waals surface area contributed by atoms with Gasteiger partial charge in [-0.05, 0) is 12.0 Å². The van der Waals surface area contributed by atoms with Crippen LogP contribution in [-0.2, 0) is 16.0 Å². The third-order valence-corrected chi connectivity index (χ3v) is 2.39. The molecular formula is C13H14N2O3. The van der Waals surface area contributed by atoms with Gasteiger partial charge in [0.2, 0.25) is 5.91 Å². The molecule has 1 aromatic rings. The molecule has 0 saturated carbocycles. The Morgan fingerprint density at radius 3 is 2.56 bits per heavy atom. The molecule has 1 rings (SSSR count). The summed E-state index contributed by atoms with van der Waals surface area (Å²) in [6.45, 7) is 0. The second-order valence-electron chi connectivity index (χ2n) is 3.82. The van der Waals surface area contributed by atoms with Crippen molar-refractivity contribution >= 4 is 11.9 Å². The Kier molecular flexibility index (Phi) is 5.39. The van der Waals surface area contributed by atoms with Gasteiger partial charge >= 0.3 is 5.97 Å². The van der Waals surface area contributed by atoms with Crippen LogP contribution in [0.1, 0.15) is 18.4 Å². The minimum absolute atomic E-state index is 0.0998. The van der Waals surface area contributed by atoms with E-state index in [1.54, 1.807) is 12.1 Å². The fraction of sp³-hybridized carbons (Fsp3) is 0.308. The van der Waals surface area contributed by atoms with Crippen LogP contribution in [0.3, 0.4) is 0 Å². The van der Waals surface area contributed by atoms with Crippen LogP contribution in [0.2, 0.25) is 0 Å². The predicted molar refractivity (Wildman–Crippen MR) is 64.6 cm³/mol. The molecule has 94 valence electrons. The fourth-order valence-electron chi connectivity index (χ4n) is 1.49. The Hall–Kier alpha value is -2.35. The average Bonchev–Trinajstić information content (AvgIpc) is 2.35. The minimum atomic E-state index is -1.12. The molecule has 0 unspecified atom stereocenters.